The lowest BCUT2D eigenvalue weighted by molar-refractivity contribution is 0.397. The van der Waals surface area contributed by atoms with E-state index in [4.69, 9.17) is 0 Å². The first-order valence-corrected chi connectivity index (χ1v) is 6.53. The average molecular weight is 246 g/mol. The first kappa shape index (κ1) is 13.1. The van der Waals surface area contributed by atoms with E-state index in [1.807, 2.05) is 13.8 Å². The highest BCUT2D eigenvalue weighted by Crippen LogP contribution is 2.10. The molecule has 0 aliphatic heterocycles. The van der Waals surface area contributed by atoms with Gasteiger partial charge in [0.15, 0.2) is 0 Å². The van der Waals surface area contributed by atoms with Crippen LogP contribution in [0.25, 0.3) is 0 Å². The van der Waals surface area contributed by atoms with Crippen LogP contribution >= 0.6 is 0 Å². The van der Waals surface area contributed by atoms with Gasteiger partial charge >= 0.3 is 0 Å². The Bertz CT molecular complexity index is 413. The molecule has 16 heavy (non-hydrogen) atoms. The van der Waals surface area contributed by atoms with Crippen molar-refractivity contribution in [1.29, 1.82) is 0 Å². The van der Waals surface area contributed by atoms with Crippen molar-refractivity contribution >= 4 is 10.2 Å². The van der Waals surface area contributed by atoms with Crippen molar-refractivity contribution in [3.63, 3.8) is 0 Å². The second kappa shape index (κ2) is 4.94. The number of aromatic amines is 1. The van der Waals surface area contributed by atoms with E-state index in [0.29, 0.717) is 5.82 Å². The van der Waals surface area contributed by atoms with Crippen molar-refractivity contribution in [2.24, 2.45) is 0 Å². The average Bonchev–Trinajstić information content (AvgIpc) is 2.68. The second-order valence-corrected chi connectivity index (χ2v) is 5.69. The lowest BCUT2D eigenvalue weighted by atomic mass is 10.3. The summed E-state index contributed by atoms with van der Waals surface area (Å²) < 4.78 is 27.5. The normalized spacial score (nSPS) is 14.6. The molecule has 0 fully saturated rings. The van der Waals surface area contributed by atoms with E-state index < -0.39 is 10.2 Å². The Labute approximate surface area is 96.3 Å². The fourth-order valence-corrected chi connectivity index (χ4v) is 2.43. The van der Waals surface area contributed by atoms with E-state index in [1.54, 1.807) is 26.4 Å². The number of aromatic nitrogens is 2. The molecule has 0 bridgehead atoms. The Morgan fingerprint density at radius 1 is 1.44 bits per heavy atom. The smallest absolute Gasteiger partial charge is 0.280 e. The zero-order chi connectivity index (χ0) is 12.3. The number of imidazole rings is 1. The van der Waals surface area contributed by atoms with Gasteiger partial charge in [0.1, 0.15) is 5.82 Å². The Morgan fingerprint density at radius 2 is 2.06 bits per heavy atom. The van der Waals surface area contributed by atoms with Crippen molar-refractivity contribution in [2.75, 3.05) is 7.05 Å². The zero-order valence-corrected chi connectivity index (χ0v) is 10.7. The SMILES string of the molecule is CC(NS(=O)(=O)N(C)C(C)C)c1ncc[nH]1. The summed E-state index contributed by atoms with van der Waals surface area (Å²) in [4.78, 5) is 6.87. The highest BCUT2D eigenvalue weighted by molar-refractivity contribution is 7.87. The molecule has 2 N–H and O–H groups in total. The number of hydrogen-bond donors (Lipinski definition) is 2. The molecular weight excluding hydrogens is 228 g/mol. The lowest BCUT2D eigenvalue weighted by Crippen LogP contribution is -2.42. The van der Waals surface area contributed by atoms with Gasteiger partial charge in [0.2, 0.25) is 0 Å². The summed E-state index contributed by atoms with van der Waals surface area (Å²) >= 11 is 0. The molecule has 1 atom stereocenters. The van der Waals surface area contributed by atoms with Crippen LogP contribution in [0.5, 0.6) is 0 Å². The molecule has 6 nitrogen and oxygen atoms in total. The summed E-state index contributed by atoms with van der Waals surface area (Å²) in [5.74, 6) is 0.598. The Balaban J connectivity index is 2.74. The molecule has 0 radical (unpaired) electrons. The lowest BCUT2D eigenvalue weighted by Gasteiger charge is -2.23. The summed E-state index contributed by atoms with van der Waals surface area (Å²) in [6.07, 6.45) is 3.25. The summed E-state index contributed by atoms with van der Waals surface area (Å²) in [7, 11) is -1.92. The van der Waals surface area contributed by atoms with Crippen LogP contribution in [0.1, 0.15) is 32.6 Å². The van der Waals surface area contributed by atoms with E-state index in [0.717, 1.165) is 0 Å². The van der Waals surface area contributed by atoms with Gasteiger partial charge in [-0.3, -0.25) is 0 Å². The highest BCUT2D eigenvalue weighted by Gasteiger charge is 2.23. The first-order chi connectivity index (χ1) is 7.34. The Morgan fingerprint density at radius 3 is 2.50 bits per heavy atom. The van der Waals surface area contributed by atoms with Gasteiger partial charge in [-0.2, -0.15) is 17.4 Å². The standard InChI is InChI=1S/C9H18N4O2S/c1-7(2)13(4)16(14,15)12-8(3)9-10-5-6-11-9/h5-8,12H,1-4H3,(H,10,11). The predicted octanol–water partition coefficient (Wildman–Crippen LogP) is 0.645. The van der Waals surface area contributed by atoms with E-state index >= 15 is 0 Å². The molecule has 0 saturated heterocycles. The minimum Gasteiger partial charge on any atom is -0.347 e. The van der Waals surface area contributed by atoms with Crippen LogP contribution in [-0.2, 0) is 10.2 Å². The predicted molar refractivity (Wildman–Crippen MR) is 62.0 cm³/mol. The molecule has 0 spiro atoms. The van der Waals surface area contributed by atoms with Gasteiger partial charge in [0.05, 0.1) is 6.04 Å². The maximum absolute atomic E-state index is 11.9. The first-order valence-electron chi connectivity index (χ1n) is 5.09. The van der Waals surface area contributed by atoms with Crippen LogP contribution in [0.4, 0.5) is 0 Å². The van der Waals surface area contributed by atoms with Gasteiger partial charge in [-0.15, -0.1) is 0 Å². The van der Waals surface area contributed by atoms with Crippen molar-refractivity contribution in [1.82, 2.24) is 19.0 Å². The van der Waals surface area contributed by atoms with E-state index in [1.165, 1.54) is 4.31 Å². The zero-order valence-electron chi connectivity index (χ0n) is 9.93. The van der Waals surface area contributed by atoms with Crippen LogP contribution in [0.15, 0.2) is 12.4 Å². The second-order valence-electron chi connectivity index (χ2n) is 3.93. The minimum atomic E-state index is -3.46. The van der Waals surface area contributed by atoms with E-state index in [-0.39, 0.29) is 12.1 Å². The number of H-pyrrole nitrogens is 1. The molecule has 0 aromatic carbocycles. The molecular formula is C9H18N4O2S. The van der Waals surface area contributed by atoms with Crippen molar-refractivity contribution in [3.05, 3.63) is 18.2 Å². The minimum absolute atomic E-state index is 0.0821. The molecule has 7 heteroatoms. The highest BCUT2D eigenvalue weighted by atomic mass is 32.2. The topological polar surface area (TPSA) is 78.1 Å². The van der Waals surface area contributed by atoms with Crippen LogP contribution < -0.4 is 4.72 Å². The van der Waals surface area contributed by atoms with Gasteiger partial charge in [0, 0.05) is 25.5 Å². The van der Waals surface area contributed by atoms with Gasteiger partial charge in [0.25, 0.3) is 10.2 Å². The molecule has 0 aliphatic carbocycles. The summed E-state index contributed by atoms with van der Waals surface area (Å²) in [5.41, 5.74) is 0. The van der Waals surface area contributed by atoms with Crippen LogP contribution in [0.2, 0.25) is 0 Å². The van der Waals surface area contributed by atoms with Crippen molar-refractivity contribution in [3.8, 4) is 0 Å². The van der Waals surface area contributed by atoms with Crippen molar-refractivity contribution in [2.45, 2.75) is 32.9 Å². The number of hydrogen-bond acceptors (Lipinski definition) is 3. The third kappa shape index (κ3) is 3.03. The maximum atomic E-state index is 11.9. The van der Waals surface area contributed by atoms with Gasteiger partial charge < -0.3 is 4.98 Å². The van der Waals surface area contributed by atoms with E-state index in [2.05, 4.69) is 14.7 Å². The fraction of sp³-hybridized carbons (Fsp3) is 0.667. The maximum Gasteiger partial charge on any atom is 0.280 e. The molecule has 0 aliphatic rings. The molecule has 1 rings (SSSR count). The fourth-order valence-electron chi connectivity index (χ4n) is 1.15. The summed E-state index contributed by atoms with van der Waals surface area (Å²) in [6, 6.07) is -0.456. The van der Waals surface area contributed by atoms with Crippen LogP contribution in [-0.4, -0.2) is 35.8 Å². The van der Waals surface area contributed by atoms with Gasteiger partial charge in [-0.1, -0.05) is 0 Å². The van der Waals surface area contributed by atoms with E-state index in [9.17, 15) is 8.42 Å². The quantitative estimate of drug-likeness (QED) is 0.800. The number of nitrogens with one attached hydrogen (secondary N) is 2. The summed E-state index contributed by atoms with van der Waals surface area (Å²) in [6.45, 7) is 5.37. The number of rotatable bonds is 5. The molecule has 1 aromatic heterocycles. The summed E-state index contributed by atoms with van der Waals surface area (Å²) in [5, 5.41) is 0. The molecule has 1 unspecified atom stereocenters. The Kier molecular flexibility index (Phi) is 4.06. The monoisotopic (exact) mass is 246 g/mol. The Hall–Kier alpha value is -0.920. The largest absolute Gasteiger partial charge is 0.347 e. The molecule has 0 amide bonds. The van der Waals surface area contributed by atoms with Gasteiger partial charge in [-0.25, -0.2) is 4.98 Å². The van der Waals surface area contributed by atoms with Gasteiger partial charge in [-0.05, 0) is 20.8 Å². The third-order valence-electron chi connectivity index (χ3n) is 2.36. The molecule has 1 aromatic rings. The number of nitrogens with zero attached hydrogens (tertiary/aromatic N) is 2. The van der Waals surface area contributed by atoms with Crippen molar-refractivity contribution < 1.29 is 8.42 Å². The van der Waals surface area contributed by atoms with Crippen LogP contribution in [0.3, 0.4) is 0 Å². The molecule has 92 valence electrons. The van der Waals surface area contributed by atoms with Crippen LogP contribution in [0, 0.1) is 0 Å². The third-order valence-corrected chi connectivity index (χ3v) is 4.19. The molecule has 1 heterocycles. The molecule has 0 saturated carbocycles.